The Balaban J connectivity index is 1.97. The van der Waals surface area contributed by atoms with Gasteiger partial charge in [0, 0.05) is 21.2 Å². The van der Waals surface area contributed by atoms with Crippen LogP contribution in [-0.2, 0) is 0 Å². The fraction of sp³-hybridized carbons (Fsp3) is 0.158. The zero-order valence-corrected chi connectivity index (χ0v) is 13.7. The van der Waals surface area contributed by atoms with Gasteiger partial charge < -0.3 is 9.84 Å². The molecule has 2 aromatic rings. The second-order valence-electron chi connectivity index (χ2n) is 5.13. The van der Waals surface area contributed by atoms with Gasteiger partial charge in [-0.2, -0.15) is 0 Å². The van der Waals surface area contributed by atoms with Gasteiger partial charge in [0.2, 0.25) is 0 Å². The lowest BCUT2D eigenvalue weighted by Crippen LogP contribution is -2.14. The second kappa shape index (κ2) is 6.39. The van der Waals surface area contributed by atoms with Gasteiger partial charge in [-0.25, -0.2) is 0 Å². The van der Waals surface area contributed by atoms with Crippen LogP contribution in [0.3, 0.4) is 0 Å². The molecule has 1 aliphatic heterocycles. The first-order chi connectivity index (χ1) is 10.6. The lowest BCUT2D eigenvalue weighted by molar-refractivity contribution is 0.217. The molecule has 0 fully saturated rings. The van der Waals surface area contributed by atoms with Gasteiger partial charge in [-0.1, -0.05) is 52.0 Å². The van der Waals surface area contributed by atoms with Gasteiger partial charge in [-0.05, 0) is 37.3 Å². The van der Waals surface area contributed by atoms with Crippen LogP contribution in [0.1, 0.15) is 29.7 Å². The van der Waals surface area contributed by atoms with Crippen molar-refractivity contribution >= 4 is 22.0 Å². The average Bonchev–Trinajstić information content (AvgIpc) is 2.53. The normalized spacial score (nSPS) is 17.0. The van der Waals surface area contributed by atoms with Gasteiger partial charge in [0.05, 0.1) is 0 Å². The molecule has 3 rings (SSSR count). The predicted octanol–water partition coefficient (Wildman–Crippen LogP) is 4.33. The van der Waals surface area contributed by atoms with E-state index in [1.54, 1.807) is 0 Å². The van der Waals surface area contributed by atoms with Gasteiger partial charge >= 0.3 is 0 Å². The van der Waals surface area contributed by atoms with Gasteiger partial charge in [0.15, 0.2) is 0 Å². The van der Waals surface area contributed by atoms with E-state index < -0.39 is 6.10 Å². The first-order valence-electron chi connectivity index (χ1n) is 7.06. The van der Waals surface area contributed by atoms with E-state index in [1.807, 2.05) is 61.5 Å². The standard InChI is InChI=1S/C19H15BrO2/c1-13-7-9-15-11-16(20)12-17(19(15)22-13)18(21)10-8-14-5-3-2-4-6-14/h2-7,9,11-13,18,21H,1H3. The summed E-state index contributed by atoms with van der Waals surface area (Å²) in [7, 11) is 0. The van der Waals surface area contributed by atoms with Crippen molar-refractivity contribution in [3.05, 3.63) is 69.7 Å². The Kier molecular flexibility index (Phi) is 4.33. The Bertz CT molecular complexity index is 769. The zero-order valence-electron chi connectivity index (χ0n) is 12.1. The van der Waals surface area contributed by atoms with E-state index in [4.69, 9.17) is 4.74 Å². The molecule has 0 radical (unpaired) electrons. The summed E-state index contributed by atoms with van der Waals surface area (Å²) in [5.41, 5.74) is 2.51. The zero-order chi connectivity index (χ0) is 15.5. The van der Waals surface area contributed by atoms with Crippen molar-refractivity contribution in [1.82, 2.24) is 0 Å². The molecule has 0 saturated heterocycles. The number of hydrogen-bond acceptors (Lipinski definition) is 2. The van der Waals surface area contributed by atoms with Crippen LogP contribution in [0.15, 0.2) is 53.0 Å². The van der Waals surface area contributed by atoms with E-state index in [1.165, 1.54) is 0 Å². The molecule has 0 aliphatic carbocycles. The molecule has 2 nitrogen and oxygen atoms in total. The Morgan fingerprint density at radius 2 is 2.00 bits per heavy atom. The molecule has 2 unspecified atom stereocenters. The van der Waals surface area contributed by atoms with Gasteiger partial charge in [-0.3, -0.25) is 0 Å². The first-order valence-corrected chi connectivity index (χ1v) is 7.86. The van der Waals surface area contributed by atoms with Crippen molar-refractivity contribution < 1.29 is 9.84 Å². The van der Waals surface area contributed by atoms with E-state index >= 15 is 0 Å². The van der Waals surface area contributed by atoms with E-state index in [-0.39, 0.29) is 6.10 Å². The van der Waals surface area contributed by atoms with Gasteiger partial charge in [0.1, 0.15) is 18.0 Å². The van der Waals surface area contributed by atoms with Crippen molar-refractivity contribution in [2.45, 2.75) is 19.1 Å². The third kappa shape index (κ3) is 3.24. The molecule has 1 aliphatic rings. The first kappa shape index (κ1) is 14.9. The van der Waals surface area contributed by atoms with E-state index in [9.17, 15) is 5.11 Å². The minimum absolute atomic E-state index is 0.0123. The number of benzene rings is 2. The predicted molar refractivity (Wildman–Crippen MR) is 91.5 cm³/mol. The van der Waals surface area contributed by atoms with Crippen molar-refractivity contribution in [2.24, 2.45) is 0 Å². The third-order valence-corrected chi connectivity index (χ3v) is 3.84. The number of aliphatic hydroxyl groups is 1. The fourth-order valence-electron chi connectivity index (χ4n) is 2.31. The van der Waals surface area contributed by atoms with Crippen LogP contribution in [0, 0.1) is 11.8 Å². The Labute approximate surface area is 138 Å². The molecule has 0 bridgehead atoms. The second-order valence-corrected chi connectivity index (χ2v) is 6.05. The van der Waals surface area contributed by atoms with Crippen molar-refractivity contribution in [3.63, 3.8) is 0 Å². The molecule has 2 aromatic carbocycles. The smallest absolute Gasteiger partial charge is 0.144 e. The van der Waals surface area contributed by atoms with Crippen LogP contribution in [0.25, 0.3) is 6.08 Å². The molecule has 0 spiro atoms. The summed E-state index contributed by atoms with van der Waals surface area (Å²) < 4.78 is 6.75. The highest BCUT2D eigenvalue weighted by molar-refractivity contribution is 9.10. The van der Waals surface area contributed by atoms with Crippen LogP contribution in [0.5, 0.6) is 5.75 Å². The van der Waals surface area contributed by atoms with E-state index in [0.717, 1.165) is 15.6 Å². The van der Waals surface area contributed by atoms with Crippen molar-refractivity contribution in [3.8, 4) is 17.6 Å². The number of fused-ring (bicyclic) bond motifs is 1. The number of aliphatic hydroxyl groups excluding tert-OH is 1. The summed E-state index contributed by atoms with van der Waals surface area (Å²) in [6.07, 6.45) is 3.09. The maximum atomic E-state index is 10.5. The Hall–Kier alpha value is -2.02. The summed E-state index contributed by atoms with van der Waals surface area (Å²) in [4.78, 5) is 0. The molecule has 0 aromatic heterocycles. The molecule has 0 saturated carbocycles. The summed E-state index contributed by atoms with van der Waals surface area (Å²) in [6, 6.07) is 13.4. The van der Waals surface area contributed by atoms with E-state index in [0.29, 0.717) is 11.3 Å². The summed E-state index contributed by atoms with van der Waals surface area (Å²) in [5, 5.41) is 10.5. The van der Waals surface area contributed by atoms with Crippen molar-refractivity contribution in [2.75, 3.05) is 0 Å². The van der Waals surface area contributed by atoms with Crippen LogP contribution in [0.4, 0.5) is 0 Å². The average molecular weight is 355 g/mol. The SMILES string of the molecule is CC1C=Cc2cc(Br)cc(C(O)C#Cc3ccccc3)c2O1. The molecule has 0 amide bonds. The third-order valence-electron chi connectivity index (χ3n) is 3.38. The quantitative estimate of drug-likeness (QED) is 0.772. The monoisotopic (exact) mass is 354 g/mol. The Morgan fingerprint density at radius 3 is 2.77 bits per heavy atom. The Morgan fingerprint density at radius 1 is 1.23 bits per heavy atom. The number of ether oxygens (including phenoxy) is 1. The lowest BCUT2D eigenvalue weighted by Gasteiger charge is -2.22. The number of rotatable bonds is 1. The van der Waals surface area contributed by atoms with Gasteiger partial charge in [0.25, 0.3) is 0 Å². The fourth-order valence-corrected chi connectivity index (χ4v) is 2.81. The number of hydrogen-bond donors (Lipinski definition) is 1. The van der Waals surface area contributed by atoms with Crippen molar-refractivity contribution in [1.29, 1.82) is 0 Å². The van der Waals surface area contributed by atoms with Crippen LogP contribution >= 0.6 is 15.9 Å². The summed E-state index contributed by atoms with van der Waals surface area (Å²) >= 11 is 3.47. The largest absolute Gasteiger partial charge is 0.486 e. The maximum absolute atomic E-state index is 10.5. The molecule has 3 heteroatoms. The van der Waals surface area contributed by atoms with Crippen LogP contribution in [0.2, 0.25) is 0 Å². The minimum Gasteiger partial charge on any atom is -0.486 e. The molecular formula is C19H15BrO2. The molecule has 1 heterocycles. The minimum atomic E-state index is -0.898. The van der Waals surface area contributed by atoms with Crippen LogP contribution < -0.4 is 4.74 Å². The van der Waals surface area contributed by atoms with Gasteiger partial charge in [-0.15, -0.1) is 0 Å². The molecule has 110 valence electrons. The molecule has 1 N–H and O–H groups in total. The molecular weight excluding hydrogens is 340 g/mol. The number of halogens is 1. The maximum Gasteiger partial charge on any atom is 0.144 e. The van der Waals surface area contributed by atoms with Crippen LogP contribution in [-0.4, -0.2) is 11.2 Å². The summed E-state index contributed by atoms with van der Waals surface area (Å²) in [5.74, 6) is 6.58. The highest BCUT2D eigenvalue weighted by atomic mass is 79.9. The molecule has 22 heavy (non-hydrogen) atoms. The lowest BCUT2D eigenvalue weighted by atomic mass is 10.0. The highest BCUT2D eigenvalue weighted by Crippen LogP contribution is 2.36. The summed E-state index contributed by atoms with van der Waals surface area (Å²) in [6.45, 7) is 1.97. The molecule has 2 atom stereocenters. The highest BCUT2D eigenvalue weighted by Gasteiger charge is 2.20. The topological polar surface area (TPSA) is 29.5 Å². The van der Waals surface area contributed by atoms with E-state index in [2.05, 4.69) is 27.8 Å².